The smallest absolute Gasteiger partial charge is 0.314 e. The summed E-state index contributed by atoms with van der Waals surface area (Å²) in [6.07, 6.45) is 6.16. The summed E-state index contributed by atoms with van der Waals surface area (Å²) in [4.78, 5) is 34.9. The number of carboxylic acid groups (broad SMARTS) is 1. The number of ether oxygens (including phenoxy) is 2. The van der Waals surface area contributed by atoms with Crippen LogP contribution in [-0.4, -0.2) is 46.2 Å². The molecule has 1 unspecified atom stereocenters. The predicted molar refractivity (Wildman–Crippen MR) is 117 cm³/mol. The van der Waals surface area contributed by atoms with Crippen LogP contribution in [0, 0.1) is 5.92 Å². The lowest BCUT2D eigenvalue weighted by Crippen LogP contribution is -2.26. The summed E-state index contributed by atoms with van der Waals surface area (Å²) in [5, 5.41) is 18.7. The maximum absolute atomic E-state index is 12.5. The molecule has 2 N–H and O–H groups in total. The van der Waals surface area contributed by atoms with Crippen molar-refractivity contribution in [2.45, 2.75) is 50.7 Å². The van der Waals surface area contributed by atoms with E-state index >= 15 is 0 Å². The highest BCUT2D eigenvalue weighted by Crippen LogP contribution is 2.31. The Balaban J connectivity index is 1.65. The molecule has 0 spiro atoms. The summed E-state index contributed by atoms with van der Waals surface area (Å²) in [5.74, 6) is -0.929. The molecule has 1 amide bonds. The molecule has 1 saturated heterocycles. The van der Waals surface area contributed by atoms with Gasteiger partial charge in [-0.15, -0.1) is 5.10 Å². The highest BCUT2D eigenvalue weighted by molar-refractivity contribution is 8.15. The van der Waals surface area contributed by atoms with Crippen molar-refractivity contribution in [2.75, 3.05) is 6.61 Å². The first-order chi connectivity index (χ1) is 15.0. The lowest BCUT2D eigenvalue weighted by atomic mass is 9.89. The van der Waals surface area contributed by atoms with Gasteiger partial charge in [-0.05, 0) is 43.5 Å². The van der Waals surface area contributed by atoms with Crippen LogP contribution in [-0.2, 0) is 14.4 Å². The number of esters is 1. The SMILES string of the molecule is CCOc1cc(C=NN=C2NC(=O)C(CC(=O)O)S2)ccc1OC(=O)C1CCCCC1. The number of amidine groups is 1. The number of hydrogen-bond acceptors (Lipinski definition) is 8. The quantitative estimate of drug-likeness (QED) is 0.271. The molecule has 1 heterocycles. The standard InChI is InChI=1S/C21H25N3O6S/c1-2-29-16-10-13(8-9-15(16)30-20(28)14-6-4-3-5-7-14)12-22-24-21-23-19(27)17(31-21)11-18(25)26/h8-10,12,14,17H,2-7,11H2,1H3,(H,25,26)(H,23,24,27). The molecule has 1 aromatic carbocycles. The second-order valence-electron chi connectivity index (χ2n) is 7.24. The summed E-state index contributed by atoms with van der Waals surface area (Å²) in [6, 6.07) is 5.09. The maximum atomic E-state index is 12.5. The zero-order valence-electron chi connectivity index (χ0n) is 17.2. The minimum Gasteiger partial charge on any atom is -0.490 e. The van der Waals surface area contributed by atoms with E-state index < -0.39 is 17.1 Å². The van der Waals surface area contributed by atoms with Crippen molar-refractivity contribution in [2.24, 2.45) is 16.1 Å². The van der Waals surface area contributed by atoms with Gasteiger partial charge in [0.15, 0.2) is 16.7 Å². The third-order valence-corrected chi connectivity index (χ3v) is 5.98. The van der Waals surface area contributed by atoms with Crippen LogP contribution in [0.3, 0.4) is 0 Å². The average molecular weight is 448 g/mol. The van der Waals surface area contributed by atoms with Gasteiger partial charge in [-0.3, -0.25) is 14.4 Å². The average Bonchev–Trinajstić information content (AvgIpc) is 3.09. The Bertz CT molecular complexity index is 895. The molecule has 2 aliphatic rings. The van der Waals surface area contributed by atoms with Gasteiger partial charge in [0.1, 0.15) is 5.25 Å². The lowest BCUT2D eigenvalue weighted by molar-refractivity contribution is -0.140. The number of rotatable bonds is 8. The molecule has 2 fully saturated rings. The van der Waals surface area contributed by atoms with E-state index in [9.17, 15) is 14.4 Å². The molecule has 10 heteroatoms. The van der Waals surface area contributed by atoms with Gasteiger partial charge in [-0.1, -0.05) is 31.0 Å². The minimum atomic E-state index is -1.05. The van der Waals surface area contributed by atoms with Crippen LogP contribution in [0.5, 0.6) is 11.5 Å². The number of hydrogen-bond donors (Lipinski definition) is 2. The van der Waals surface area contributed by atoms with Crippen molar-refractivity contribution in [1.29, 1.82) is 0 Å². The Morgan fingerprint density at radius 3 is 2.74 bits per heavy atom. The number of amides is 1. The van der Waals surface area contributed by atoms with Gasteiger partial charge in [0.05, 0.1) is 25.2 Å². The van der Waals surface area contributed by atoms with Crippen LogP contribution in [0.25, 0.3) is 0 Å². The van der Waals surface area contributed by atoms with Crippen LogP contribution in [0.4, 0.5) is 0 Å². The van der Waals surface area contributed by atoms with Gasteiger partial charge in [-0.2, -0.15) is 5.10 Å². The second kappa shape index (κ2) is 10.9. The number of carbonyl (C=O) groups excluding carboxylic acids is 2. The third kappa shape index (κ3) is 6.55. The Labute approximate surface area is 184 Å². The van der Waals surface area contributed by atoms with E-state index in [1.165, 1.54) is 6.21 Å². The van der Waals surface area contributed by atoms with Crippen LogP contribution < -0.4 is 14.8 Å². The van der Waals surface area contributed by atoms with Gasteiger partial charge in [0.25, 0.3) is 0 Å². The predicted octanol–water partition coefficient (Wildman–Crippen LogP) is 2.97. The molecule has 1 aliphatic heterocycles. The van der Waals surface area contributed by atoms with Gasteiger partial charge in [0, 0.05) is 0 Å². The van der Waals surface area contributed by atoms with E-state index in [1.54, 1.807) is 18.2 Å². The molecule has 0 bridgehead atoms. The van der Waals surface area contributed by atoms with Gasteiger partial charge in [-0.25, -0.2) is 0 Å². The fourth-order valence-electron chi connectivity index (χ4n) is 3.38. The Hall–Kier alpha value is -2.88. The second-order valence-corrected chi connectivity index (χ2v) is 8.43. The van der Waals surface area contributed by atoms with Crippen LogP contribution >= 0.6 is 11.8 Å². The zero-order valence-corrected chi connectivity index (χ0v) is 18.0. The van der Waals surface area contributed by atoms with Crippen molar-refractivity contribution in [1.82, 2.24) is 5.32 Å². The first-order valence-electron chi connectivity index (χ1n) is 10.2. The molecule has 31 heavy (non-hydrogen) atoms. The van der Waals surface area contributed by atoms with E-state index in [2.05, 4.69) is 15.5 Å². The molecule has 1 saturated carbocycles. The largest absolute Gasteiger partial charge is 0.490 e. The lowest BCUT2D eigenvalue weighted by Gasteiger charge is -2.20. The van der Waals surface area contributed by atoms with E-state index in [0.29, 0.717) is 23.7 Å². The van der Waals surface area contributed by atoms with Crippen molar-refractivity contribution in [3.63, 3.8) is 0 Å². The normalized spacial score (nSPS) is 20.7. The highest BCUT2D eigenvalue weighted by Gasteiger charge is 2.32. The fourth-order valence-corrected chi connectivity index (χ4v) is 4.30. The zero-order chi connectivity index (χ0) is 22.2. The minimum absolute atomic E-state index is 0.0654. The maximum Gasteiger partial charge on any atom is 0.314 e. The van der Waals surface area contributed by atoms with Crippen LogP contribution in [0.1, 0.15) is 51.0 Å². The van der Waals surface area contributed by atoms with Crippen molar-refractivity contribution in [3.8, 4) is 11.5 Å². The summed E-state index contributed by atoms with van der Waals surface area (Å²) >= 11 is 1.03. The Morgan fingerprint density at radius 2 is 2.03 bits per heavy atom. The molecule has 3 rings (SSSR count). The molecule has 0 aromatic heterocycles. The first-order valence-corrected chi connectivity index (χ1v) is 11.1. The summed E-state index contributed by atoms with van der Waals surface area (Å²) in [5.41, 5.74) is 0.668. The Morgan fingerprint density at radius 1 is 1.26 bits per heavy atom. The molecular formula is C21H25N3O6S. The molecular weight excluding hydrogens is 422 g/mol. The number of thioether (sulfide) groups is 1. The third-order valence-electron chi connectivity index (χ3n) is 4.91. The summed E-state index contributed by atoms with van der Waals surface area (Å²) in [6.45, 7) is 2.25. The van der Waals surface area contributed by atoms with Crippen LogP contribution in [0.15, 0.2) is 28.4 Å². The number of carboxylic acids is 1. The van der Waals surface area contributed by atoms with Gasteiger partial charge < -0.3 is 19.9 Å². The van der Waals surface area contributed by atoms with E-state index in [-0.39, 0.29) is 23.5 Å². The van der Waals surface area contributed by atoms with Crippen molar-refractivity contribution < 1.29 is 29.0 Å². The van der Waals surface area contributed by atoms with Gasteiger partial charge in [0.2, 0.25) is 5.91 Å². The van der Waals surface area contributed by atoms with E-state index in [0.717, 1.165) is 43.9 Å². The van der Waals surface area contributed by atoms with Gasteiger partial charge >= 0.3 is 11.9 Å². The summed E-state index contributed by atoms with van der Waals surface area (Å²) in [7, 11) is 0. The topological polar surface area (TPSA) is 127 Å². The number of aliphatic carboxylic acids is 1. The number of nitrogens with one attached hydrogen (secondary N) is 1. The summed E-state index contributed by atoms with van der Waals surface area (Å²) < 4.78 is 11.2. The molecule has 1 atom stereocenters. The first kappa shape index (κ1) is 22.8. The van der Waals surface area contributed by atoms with Crippen molar-refractivity contribution in [3.05, 3.63) is 23.8 Å². The molecule has 0 radical (unpaired) electrons. The van der Waals surface area contributed by atoms with Crippen LogP contribution in [0.2, 0.25) is 0 Å². The monoisotopic (exact) mass is 447 g/mol. The number of nitrogens with zero attached hydrogens (tertiary/aromatic N) is 2. The molecule has 1 aliphatic carbocycles. The number of benzene rings is 1. The van der Waals surface area contributed by atoms with Crippen molar-refractivity contribution >= 4 is 41.0 Å². The number of carbonyl (C=O) groups is 3. The highest BCUT2D eigenvalue weighted by atomic mass is 32.2. The molecule has 166 valence electrons. The Kier molecular flexibility index (Phi) is 8.05. The molecule has 9 nitrogen and oxygen atoms in total. The van der Waals surface area contributed by atoms with E-state index in [4.69, 9.17) is 14.6 Å². The fraction of sp³-hybridized carbons (Fsp3) is 0.476. The molecule has 1 aromatic rings. The van der Waals surface area contributed by atoms with E-state index in [1.807, 2.05) is 6.92 Å².